The zero-order chi connectivity index (χ0) is 10.8. The highest BCUT2D eigenvalue weighted by molar-refractivity contribution is 7.93. The van der Waals surface area contributed by atoms with Crippen molar-refractivity contribution in [2.45, 2.75) is 4.21 Å². The van der Waals surface area contributed by atoms with Crippen molar-refractivity contribution in [3.8, 4) is 6.07 Å². The van der Waals surface area contributed by atoms with E-state index < -0.39 is 20.6 Å². The van der Waals surface area contributed by atoms with E-state index in [1.165, 1.54) is 12.1 Å². The molecule has 0 bridgehead atoms. The smallest absolute Gasteiger partial charge is 0.263 e. The summed E-state index contributed by atoms with van der Waals surface area (Å²) in [6.07, 6.45) is 0. The summed E-state index contributed by atoms with van der Waals surface area (Å²) in [5, 5.41) is 18.5. The molecule has 0 aliphatic carbocycles. The summed E-state index contributed by atoms with van der Waals surface area (Å²) in [5.41, 5.74) is 0. The van der Waals surface area contributed by atoms with Crippen molar-refractivity contribution in [1.82, 2.24) is 0 Å². The summed E-state index contributed by atoms with van der Waals surface area (Å²) in [6, 6.07) is 4.27. The first-order chi connectivity index (χ1) is 6.45. The van der Waals surface area contributed by atoms with Crippen LogP contribution in [0.5, 0.6) is 0 Å². The highest BCUT2D eigenvalue weighted by Gasteiger charge is 2.23. The third-order valence-electron chi connectivity index (χ3n) is 1.27. The number of hydrogen-bond donors (Lipinski definition) is 0. The maximum absolute atomic E-state index is 11.2. The average molecular weight is 232 g/mol. The fourth-order valence-electron chi connectivity index (χ4n) is 0.750. The van der Waals surface area contributed by atoms with Crippen LogP contribution in [-0.4, -0.2) is 19.2 Å². The molecule has 0 spiro atoms. The molecule has 0 atom stereocenters. The molecule has 0 saturated carbocycles. The Hall–Kier alpha value is -1.46. The molecule has 1 rings (SSSR count). The van der Waals surface area contributed by atoms with Gasteiger partial charge in [0.1, 0.15) is 15.2 Å². The number of thiophene rings is 1. The van der Waals surface area contributed by atoms with E-state index in [-0.39, 0.29) is 9.09 Å². The van der Waals surface area contributed by atoms with Crippen molar-refractivity contribution in [2.75, 3.05) is 5.88 Å². The van der Waals surface area contributed by atoms with Gasteiger partial charge in [0.25, 0.3) is 9.84 Å². The molecule has 0 aliphatic heterocycles. The molecule has 0 saturated heterocycles. The van der Waals surface area contributed by atoms with Gasteiger partial charge < -0.3 is 0 Å². The van der Waals surface area contributed by atoms with E-state index in [2.05, 4.69) is 0 Å². The van der Waals surface area contributed by atoms with Gasteiger partial charge in [-0.2, -0.15) is 5.26 Å². The first kappa shape index (κ1) is 10.6. The minimum absolute atomic E-state index is 0.147. The molecule has 0 amide bonds. The molecule has 0 aromatic carbocycles. The van der Waals surface area contributed by atoms with Gasteiger partial charge in [0.2, 0.25) is 0 Å². The molecular weight excluding hydrogens is 228 g/mol. The molecule has 1 aromatic rings. The maximum Gasteiger partial charge on any atom is 0.306 e. The van der Waals surface area contributed by atoms with Crippen molar-refractivity contribution in [1.29, 1.82) is 5.26 Å². The lowest BCUT2D eigenvalue weighted by Gasteiger charge is -1.93. The lowest BCUT2D eigenvalue weighted by atomic mass is 10.5. The molecule has 8 heteroatoms. The Morgan fingerprint density at radius 1 is 1.57 bits per heavy atom. The number of sulfone groups is 1. The largest absolute Gasteiger partial charge is 0.306 e. The molecule has 6 nitrogen and oxygen atoms in total. The summed E-state index contributed by atoms with van der Waals surface area (Å²) in [4.78, 5) is 9.33. The van der Waals surface area contributed by atoms with Gasteiger partial charge in [-0.25, -0.2) is 8.42 Å². The summed E-state index contributed by atoms with van der Waals surface area (Å²) < 4.78 is 22.3. The highest BCUT2D eigenvalue weighted by atomic mass is 32.2. The van der Waals surface area contributed by atoms with Gasteiger partial charge in [-0.1, -0.05) is 0 Å². The van der Waals surface area contributed by atoms with Crippen molar-refractivity contribution in [3.63, 3.8) is 0 Å². The minimum Gasteiger partial charge on any atom is -0.263 e. The van der Waals surface area contributed by atoms with Crippen LogP contribution in [0.1, 0.15) is 4.88 Å². The Kier molecular flexibility index (Phi) is 2.83. The summed E-state index contributed by atoms with van der Waals surface area (Å²) in [7, 11) is -3.88. The van der Waals surface area contributed by atoms with E-state index in [0.717, 1.165) is 11.3 Å². The zero-order valence-corrected chi connectivity index (χ0v) is 8.34. The van der Waals surface area contributed by atoms with E-state index >= 15 is 0 Å². The Bertz CT molecular complexity index is 496. The molecule has 0 aliphatic rings. The maximum atomic E-state index is 11.2. The van der Waals surface area contributed by atoms with Crippen LogP contribution < -0.4 is 0 Å². The third-order valence-corrected chi connectivity index (χ3v) is 4.37. The molecular formula is C6H4N2O4S2. The Morgan fingerprint density at radius 3 is 2.64 bits per heavy atom. The monoisotopic (exact) mass is 232 g/mol. The van der Waals surface area contributed by atoms with Gasteiger partial charge in [-0.15, -0.1) is 11.3 Å². The summed E-state index contributed by atoms with van der Waals surface area (Å²) in [5.74, 6) is -1.14. The van der Waals surface area contributed by atoms with E-state index in [1.54, 1.807) is 6.07 Å². The second-order valence-electron chi connectivity index (χ2n) is 2.31. The Morgan fingerprint density at radius 2 is 2.21 bits per heavy atom. The lowest BCUT2D eigenvalue weighted by Crippen LogP contribution is -2.13. The van der Waals surface area contributed by atoms with E-state index in [0.29, 0.717) is 0 Å². The molecule has 0 fully saturated rings. The van der Waals surface area contributed by atoms with Crippen LogP contribution in [0.4, 0.5) is 0 Å². The second kappa shape index (κ2) is 3.73. The predicted octanol–water partition coefficient (Wildman–Crippen LogP) is 0.628. The molecule has 14 heavy (non-hydrogen) atoms. The Labute approximate surface area is 83.5 Å². The summed E-state index contributed by atoms with van der Waals surface area (Å²) >= 11 is 0.728. The zero-order valence-electron chi connectivity index (χ0n) is 6.71. The normalized spacial score (nSPS) is 10.8. The average Bonchev–Trinajstić information content (AvgIpc) is 2.49. The fraction of sp³-hybridized carbons (Fsp3) is 0.167. The summed E-state index contributed by atoms with van der Waals surface area (Å²) in [6.45, 7) is 0. The first-order valence-electron chi connectivity index (χ1n) is 3.30. The lowest BCUT2D eigenvalue weighted by molar-refractivity contribution is -0.458. The fourth-order valence-corrected chi connectivity index (χ4v) is 2.90. The van der Waals surface area contributed by atoms with Crippen LogP contribution in [0, 0.1) is 21.4 Å². The van der Waals surface area contributed by atoms with Gasteiger partial charge >= 0.3 is 5.88 Å². The van der Waals surface area contributed by atoms with E-state index in [1.807, 2.05) is 0 Å². The predicted molar refractivity (Wildman–Crippen MR) is 48.1 cm³/mol. The van der Waals surface area contributed by atoms with Gasteiger partial charge in [-0.3, -0.25) is 10.1 Å². The van der Waals surface area contributed by atoms with Gasteiger partial charge in [0.05, 0.1) is 0 Å². The van der Waals surface area contributed by atoms with Gasteiger partial charge in [0, 0.05) is 4.92 Å². The topological polar surface area (TPSA) is 101 Å². The highest BCUT2D eigenvalue weighted by Crippen LogP contribution is 2.21. The third kappa shape index (κ3) is 2.27. The second-order valence-corrected chi connectivity index (χ2v) is 5.58. The number of nitriles is 1. The number of rotatable bonds is 3. The molecule has 1 aromatic heterocycles. The number of nitrogens with zero attached hydrogens (tertiary/aromatic N) is 2. The van der Waals surface area contributed by atoms with Crippen LogP contribution in [0.15, 0.2) is 16.3 Å². The first-order valence-corrected chi connectivity index (χ1v) is 5.77. The quantitative estimate of drug-likeness (QED) is 0.561. The molecule has 0 N–H and O–H groups in total. The van der Waals surface area contributed by atoms with E-state index in [4.69, 9.17) is 5.26 Å². The molecule has 0 unspecified atom stereocenters. The standard InChI is InChI=1S/C6H4N2O4S2/c7-3-5-1-2-6(13-5)14(11,12)4-8(9)10/h1-2H,4H2. The van der Waals surface area contributed by atoms with Crippen molar-refractivity contribution < 1.29 is 13.3 Å². The molecule has 0 radical (unpaired) electrons. The van der Waals surface area contributed by atoms with E-state index in [9.17, 15) is 18.5 Å². The van der Waals surface area contributed by atoms with Crippen molar-refractivity contribution in [2.24, 2.45) is 0 Å². The van der Waals surface area contributed by atoms with Gasteiger partial charge in [-0.05, 0) is 12.1 Å². The van der Waals surface area contributed by atoms with Crippen molar-refractivity contribution >= 4 is 21.2 Å². The number of hydrogen-bond acceptors (Lipinski definition) is 6. The van der Waals surface area contributed by atoms with Crippen LogP contribution in [0.25, 0.3) is 0 Å². The Balaban J connectivity index is 3.06. The van der Waals surface area contributed by atoms with Gasteiger partial charge in [0.15, 0.2) is 0 Å². The molecule has 74 valence electrons. The molecule has 1 heterocycles. The van der Waals surface area contributed by atoms with Crippen molar-refractivity contribution in [3.05, 3.63) is 27.1 Å². The minimum atomic E-state index is -3.88. The van der Waals surface area contributed by atoms with Crippen LogP contribution >= 0.6 is 11.3 Å². The van der Waals surface area contributed by atoms with Crippen LogP contribution in [-0.2, 0) is 9.84 Å². The van der Waals surface area contributed by atoms with Crippen LogP contribution in [0.3, 0.4) is 0 Å². The van der Waals surface area contributed by atoms with Crippen LogP contribution in [0.2, 0.25) is 0 Å². The SMILES string of the molecule is N#Cc1ccc(S(=O)(=O)C[N+](=O)[O-])s1. The number of nitro groups is 1.